The van der Waals surface area contributed by atoms with E-state index in [9.17, 15) is 0 Å². The molecule has 1 N–H and O–H groups in total. The summed E-state index contributed by atoms with van der Waals surface area (Å²) in [4.78, 5) is 3.50. The highest BCUT2D eigenvalue weighted by Gasteiger charge is 2.45. The molecule has 0 aliphatic carbocycles. The van der Waals surface area contributed by atoms with Crippen LogP contribution in [0.5, 0.6) is 0 Å². The molecule has 0 bridgehead atoms. The van der Waals surface area contributed by atoms with E-state index in [-0.39, 0.29) is 11.2 Å². The Hall–Kier alpha value is -1.28. The summed E-state index contributed by atoms with van der Waals surface area (Å²) < 4.78 is 6.12. The van der Waals surface area contributed by atoms with Crippen LogP contribution in [0.1, 0.15) is 39.0 Å². The number of nitrogens with one attached hydrogen (secondary N) is 1. The van der Waals surface area contributed by atoms with E-state index in [1.54, 1.807) is 0 Å². The van der Waals surface area contributed by atoms with Crippen molar-refractivity contribution < 1.29 is 4.74 Å². The number of aromatic nitrogens is 1. The van der Waals surface area contributed by atoms with Gasteiger partial charge in [0, 0.05) is 16.5 Å². The highest BCUT2D eigenvalue weighted by molar-refractivity contribution is 5.86. The van der Waals surface area contributed by atoms with Gasteiger partial charge in [0.15, 0.2) is 0 Å². The van der Waals surface area contributed by atoms with Crippen molar-refractivity contribution in [2.45, 2.75) is 38.9 Å². The van der Waals surface area contributed by atoms with Crippen LogP contribution in [-0.2, 0) is 15.9 Å². The summed E-state index contributed by atoms with van der Waals surface area (Å²) in [7, 11) is 0. The van der Waals surface area contributed by atoms with E-state index in [4.69, 9.17) is 4.74 Å². The molecule has 0 radical (unpaired) electrons. The van der Waals surface area contributed by atoms with Gasteiger partial charge >= 0.3 is 0 Å². The maximum absolute atomic E-state index is 6.12. The fraction of sp³-hybridized carbons (Fsp3) is 0.429. The van der Waals surface area contributed by atoms with Gasteiger partial charge in [0.25, 0.3) is 0 Å². The van der Waals surface area contributed by atoms with Crippen LogP contribution in [0.3, 0.4) is 0 Å². The molecule has 2 nitrogen and oxygen atoms in total. The fourth-order valence-electron chi connectivity index (χ4n) is 2.96. The van der Waals surface area contributed by atoms with Crippen LogP contribution in [-0.4, -0.2) is 4.98 Å². The van der Waals surface area contributed by atoms with Crippen molar-refractivity contribution in [3.05, 3.63) is 35.5 Å². The fourth-order valence-corrected chi connectivity index (χ4v) is 2.96. The molecule has 3 rings (SSSR count). The van der Waals surface area contributed by atoms with Gasteiger partial charge < -0.3 is 9.72 Å². The number of aromatic amines is 1. The molecule has 0 amide bonds. The molecule has 0 unspecified atom stereocenters. The highest BCUT2D eigenvalue weighted by atomic mass is 16.5. The Labute approximate surface area is 95.6 Å². The summed E-state index contributed by atoms with van der Waals surface area (Å²) >= 11 is 0. The lowest BCUT2D eigenvalue weighted by atomic mass is 9.94. The summed E-state index contributed by atoms with van der Waals surface area (Å²) in [5.41, 5.74) is 3.31. The Morgan fingerprint density at radius 2 is 1.69 bits per heavy atom. The summed E-state index contributed by atoms with van der Waals surface area (Å²) in [6.45, 7) is 8.52. The molecule has 0 fully saturated rings. The van der Waals surface area contributed by atoms with Gasteiger partial charge in [0.05, 0.1) is 11.3 Å². The Bertz CT molecular complexity index is 563. The van der Waals surface area contributed by atoms with E-state index >= 15 is 0 Å². The topological polar surface area (TPSA) is 25.0 Å². The quantitative estimate of drug-likeness (QED) is 0.712. The Morgan fingerprint density at radius 3 is 2.44 bits per heavy atom. The predicted octanol–water partition coefficient (Wildman–Crippen LogP) is 3.67. The van der Waals surface area contributed by atoms with Crippen molar-refractivity contribution in [2.75, 3.05) is 0 Å². The van der Waals surface area contributed by atoms with Crippen LogP contribution in [0.4, 0.5) is 0 Å². The van der Waals surface area contributed by atoms with E-state index in [1.165, 1.54) is 22.2 Å². The van der Waals surface area contributed by atoms with Crippen LogP contribution in [0.25, 0.3) is 10.9 Å². The van der Waals surface area contributed by atoms with E-state index in [1.807, 2.05) is 0 Å². The third-order valence-electron chi connectivity index (χ3n) is 3.42. The molecule has 2 heteroatoms. The normalized spacial score (nSPS) is 21.2. The Kier molecular flexibility index (Phi) is 1.67. The maximum Gasteiger partial charge on any atom is 0.104 e. The van der Waals surface area contributed by atoms with E-state index in [0.717, 1.165) is 0 Å². The van der Waals surface area contributed by atoms with Crippen LogP contribution in [0.2, 0.25) is 0 Å². The summed E-state index contributed by atoms with van der Waals surface area (Å²) in [5.74, 6) is 0. The molecule has 1 aromatic carbocycles. The third-order valence-corrected chi connectivity index (χ3v) is 3.42. The Morgan fingerprint density at radius 1 is 1.00 bits per heavy atom. The van der Waals surface area contributed by atoms with E-state index < -0.39 is 0 Å². The molecule has 0 saturated carbocycles. The summed E-state index contributed by atoms with van der Waals surface area (Å²) in [5, 5.41) is 1.29. The third kappa shape index (κ3) is 1.11. The average molecular weight is 215 g/mol. The SMILES string of the molecule is CC1(C)OC(C)(C)c2c1[nH]c1ccccc21. The van der Waals surface area contributed by atoms with Crippen LogP contribution in [0.15, 0.2) is 24.3 Å². The lowest BCUT2D eigenvalue weighted by Crippen LogP contribution is -2.23. The van der Waals surface area contributed by atoms with Gasteiger partial charge in [-0.15, -0.1) is 0 Å². The zero-order valence-corrected chi connectivity index (χ0v) is 10.2. The smallest absolute Gasteiger partial charge is 0.104 e. The molecule has 2 heterocycles. The number of rotatable bonds is 0. The van der Waals surface area contributed by atoms with Crippen LogP contribution >= 0.6 is 0 Å². The first-order valence-corrected chi connectivity index (χ1v) is 5.74. The first-order valence-electron chi connectivity index (χ1n) is 5.74. The van der Waals surface area contributed by atoms with Gasteiger partial charge in [-0.3, -0.25) is 0 Å². The molecule has 1 aliphatic rings. The second kappa shape index (κ2) is 2.69. The van der Waals surface area contributed by atoms with Crippen molar-refractivity contribution in [3.8, 4) is 0 Å². The van der Waals surface area contributed by atoms with Gasteiger partial charge in [-0.05, 0) is 33.8 Å². The maximum atomic E-state index is 6.12. The molecular formula is C14H17NO. The lowest BCUT2D eigenvalue weighted by molar-refractivity contribution is -0.106. The second-order valence-electron chi connectivity index (χ2n) is 5.54. The molecule has 2 aromatic rings. The van der Waals surface area contributed by atoms with Crippen molar-refractivity contribution in [1.82, 2.24) is 4.98 Å². The zero-order valence-electron chi connectivity index (χ0n) is 10.2. The molecule has 16 heavy (non-hydrogen) atoms. The minimum Gasteiger partial charge on any atom is -0.359 e. The van der Waals surface area contributed by atoms with E-state index in [0.29, 0.717) is 0 Å². The van der Waals surface area contributed by atoms with Gasteiger partial charge in [-0.1, -0.05) is 18.2 Å². The molecule has 1 aliphatic heterocycles. The lowest BCUT2D eigenvalue weighted by Gasteiger charge is -2.25. The van der Waals surface area contributed by atoms with Crippen molar-refractivity contribution >= 4 is 10.9 Å². The monoisotopic (exact) mass is 215 g/mol. The number of para-hydroxylation sites is 1. The van der Waals surface area contributed by atoms with Crippen LogP contribution < -0.4 is 0 Å². The zero-order chi connectivity index (χ0) is 11.6. The molecule has 0 saturated heterocycles. The summed E-state index contributed by atoms with van der Waals surface area (Å²) in [6, 6.07) is 8.43. The average Bonchev–Trinajstić information content (AvgIpc) is 2.62. The summed E-state index contributed by atoms with van der Waals surface area (Å²) in [6.07, 6.45) is 0. The number of H-pyrrole nitrogens is 1. The van der Waals surface area contributed by atoms with Crippen molar-refractivity contribution in [2.24, 2.45) is 0 Å². The van der Waals surface area contributed by atoms with Gasteiger partial charge in [-0.25, -0.2) is 0 Å². The van der Waals surface area contributed by atoms with Crippen molar-refractivity contribution in [1.29, 1.82) is 0 Å². The van der Waals surface area contributed by atoms with Gasteiger partial charge in [0.2, 0.25) is 0 Å². The van der Waals surface area contributed by atoms with Crippen molar-refractivity contribution in [3.63, 3.8) is 0 Å². The number of hydrogen-bond donors (Lipinski definition) is 1. The highest BCUT2D eigenvalue weighted by Crippen LogP contribution is 2.49. The largest absolute Gasteiger partial charge is 0.359 e. The standard InChI is InChI=1S/C14H17NO/c1-13(2)11-9-7-5-6-8-10(9)15-12(11)14(3,4)16-13/h5-8,15H,1-4H3. The number of hydrogen-bond acceptors (Lipinski definition) is 1. The minimum atomic E-state index is -0.224. The van der Waals surface area contributed by atoms with E-state index in [2.05, 4.69) is 56.9 Å². The predicted molar refractivity (Wildman–Crippen MR) is 65.4 cm³/mol. The van der Waals surface area contributed by atoms with Gasteiger partial charge in [0.1, 0.15) is 5.60 Å². The van der Waals surface area contributed by atoms with Crippen LogP contribution in [0, 0.1) is 0 Å². The second-order valence-corrected chi connectivity index (χ2v) is 5.54. The number of ether oxygens (including phenoxy) is 1. The molecule has 1 aromatic heterocycles. The first kappa shape index (κ1) is 9.91. The molecular weight excluding hydrogens is 198 g/mol. The Balaban J connectivity index is 2.42. The molecule has 84 valence electrons. The number of benzene rings is 1. The number of fused-ring (bicyclic) bond motifs is 3. The molecule has 0 atom stereocenters. The molecule has 0 spiro atoms. The van der Waals surface area contributed by atoms with Gasteiger partial charge in [-0.2, -0.15) is 0 Å². The first-order chi connectivity index (χ1) is 7.42. The minimum absolute atomic E-state index is 0.210.